The maximum atomic E-state index is 13.0. The Bertz CT molecular complexity index is 1150. The van der Waals surface area contributed by atoms with Gasteiger partial charge in [-0.2, -0.15) is 10.1 Å². The minimum absolute atomic E-state index is 0.104. The van der Waals surface area contributed by atoms with Crippen LogP contribution in [-0.2, 0) is 17.8 Å². The molecule has 4 aromatic rings. The molecule has 0 saturated carbocycles. The van der Waals surface area contributed by atoms with Crippen LogP contribution in [0.4, 0.5) is 10.2 Å². The fraction of sp³-hybridized carbons (Fsp3) is 0.217. The zero-order chi connectivity index (χ0) is 21.6. The van der Waals surface area contributed by atoms with E-state index in [0.717, 1.165) is 11.3 Å². The van der Waals surface area contributed by atoms with E-state index in [2.05, 4.69) is 20.6 Å². The molecule has 2 aromatic carbocycles. The van der Waals surface area contributed by atoms with E-state index in [0.29, 0.717) is 48.9 Å². The average Bonchev–Trinajstić information content (AvgIpc) is 3.36. The molecule has 0 unspecified atom stereocenters. The van der Waals surface area contributed by atoms with Crippen LogP contribution in [0.25, 0.3) is 11.4 Å². The Hall–Kier alpha value is -3.81. The summed E-state index contributed by atoms with van der Waals surface area (Å²) in [6, 6.07) is 17.7. The van der Waals surface area contributed by atoms with E-state index in [1.54, 1.807) is 16.8 Å². The Morgan fingerprint density at radius 1 is 1.13 bits per heavy atom. The average molecular weight is 419 g/mol. The molecule has 2 heterocycles. The van der Waals surface area contributed by atoms with Crippen LogP contribution in [0.2, 0.25) is 0 Å². The van der Waals surface area contributed by atoms with Crippen molar-refractivity contribution in [2.45, 2.75) is 32.7 Å². The summed E-state index contributed by atoms with van der Waals surface area (Å²) in [6.45, 7) is 2.48. The van der Waals surface area contributed by atoms with Crippen molar-refractivity contribution in [3.63, 3.8) is 0 Å². The first-order valence-electron chi connectivity index (χ1n) is 10.0. The normalized spacial score (nSPS) is 10.9. The summed E-state index contributed by atoms with van der Waals surface area (Å²) in [6.07, 6.45) is 1.34. The number of carbonyl (C=O) groups excluding carboxylic acids is 1. The summed E-state index contributed by atoms with van der Waals surface area (Å²) in [7, 11) is 0. The van der Waals surface area contributed by atoms with E-state index < -0.39 is 0 Å². The molecule has 1 amide bonds. The van der Waals surface area contributed by atoms with Gasteiger partial charge in [0.25, 0.3) is 0 Å². The van der Waals surface area contributed by atoms with Crippen LogP contribution in [0.1, 0.15) is 30.0 Å². The molecule has 31 heavy (non-hydrogen) atoms. The first kappa shape index (κ1) is 20.5. The number of nitrogens with one attached hydrogen (secondary N) is 1. The van der Waals surface area contributed by atoms with Gasteiger partial charge >= 0.3 is 0 Å². The number of benzene rings is 2. The number of hydrogen-bond acceptors (Lipinski definition) is 5. The molecule has 1 N–H and O–H groups in total. The highest BCUT2D eigenvalue weighted by molar-refractivity contribution is 5.89. The minimum atomic E-state index is -0.321. The molecule has 8 heteroatoms. The molecule has 0 bridgehead atoms. The van der Waals surface area contributed by atoms with Crippen molar-refractivity contribution in [3.05, 3.63) is 83.6 Å². The van der Waals surface area contributed by atoms with Crippen molar-refractivity contribution < 1.29 is 13.7 Å². The van der Waals surface area contributed by atoms with Crippen LogP contribution in [0.15, 0.2) is 65.2 Å². The summed E-state index contributed by atoms with van der Waals surface area (Å²) in [5.74, 6) is 1.09. The number of anilines is 1. The van der Waals surface area contributed by atoms with E-state index in [4.69, 9.17) is 4.52 Å². The van der Waals surface area contributed by atoms with E-state index in [1.165, 1.54) is 12.1 Å². The SMILES string of the molecule is Cc1cc(NC(=O)CCCc2nc(-c3ccc(F)cc3)no2)n(Cc2ccccc2)n1. The second-order valence-corrected chi connectivity index (χ2v) is 7.23. The van der Waals surface area contributed by atoms with Crippen molar-refractivity contribution in [2.24, 2.45) is 0 Å². The van der Waals surface area contributed by atoms with E-state index in [-0.39, 0.29) is 11.7 Å². The number of amides is 1. The number of rotatable bonds is 8. The predicted molar refractivity (Wildman–Crippen MR) is 114 cm³/mol. The smallest absolute Gasteiger partial charge is 0.226 e. The van der Waals surface area contributed by atoms with Crippen molar-refractivity contribution in [1.29, 1.82) is 0 Å². The largest absolute Gasteiger partial charge is 0.339 e. The van der Waals surface area contributed by atoms with Crippen LogP contribution in [0, 0.1) is 12.7 Å². The van der Waals surface area contributed by atoms with Gasteiger partial charge in [0.2, 0.25) is 17.6 Å². The third-order valence-electron chi connectivity index (χ3n) is 4.71. The highest BCUT2D eigenvalue weighted by Crippen LogP contribution is 2.17. The van der Waals surface area contributed by atoms with Gasteiger partial charge in [-0.1, -0.05) is 35.5 Å². The Labute approximate surface area is 178 Å². The van der Waals surface area contributed by atoms with Crippen molar-refractivity contribution in [3.8, 4) is 11.4 Å². The van der Waals surface area contributed by atoms with Gasteiger partial charge in [0.1, 0.15) is 11.6 Å². The second kappa shape index (κ2) is 9.34. The summed E-state index contributed by atoms with van der Waals surface area (Å²) >= 11 is 0. The van der Waals surface area contributed by atoms with Crippen LogP contribution < -0.4 is 5.32 Å². The van der Waals surface area contributed by atoms with Gasteiger partial charge in [-0.15, -0.1) is 0 Å². The highest BCUT2D eigenvalue weighted by atomic mass is 19.1. The highest BCUT2D eigenvalue weighted by Gasteiger charge is 2.12. The quantitative estimate of drug-likeness (QED) is 0.458. The molecule has 0 atom stereocenters. The first-order valence-corrected chi connectivity index (χ1v) is 10.0. The molecular formula is C23H22FN5O2. The van der Waals surface area contributed by atoms with Crippen molar-refractivity contribution in [1.82, 2.24) is 19.9 Å². The molecule has 2 aromatic heterocycles. The Balaban J connectivity index is 1.30. The topological polar surface area (TPSA) is 85.8 Å². The lowest BCUT2D eigenvalue weighted by Crippen LogP contribution is -2.16. The molecule has 7 nitrogen and oxygen atoms in total. The third-order valence-corrected chi connectivity index (χ3v) is 4.71. The maximum Gasteiger partial charge on any atom is 0.226 e. The molecule has 0 spiro atoms. The number of nitrogens with zero attached hydrogens (tertiary/aromatic N) is 4. The lowest BCUT2D eigenvalue weighted by molar-refractivity contribution is -0.116. The lowest BCUT2D eigenvalue weighted by Gasteiger charge is -2.09. The number of aryl methyl sites for hydroxylation is 2. The van der Waals surface area contributed by atoms with Crippen molar-refractivity contribution in [2.75, 3.05) is 5.32 Å². The van der Waals surface area contributed by atoms with E-state index in [1.807, 2.05) is 43.3 Å². The van der Waals surface area contributed by atoms with Crippen LogP contribution in [-0.4, -0.2) is 25.8 Å². The standard InChI is InChI=1S/C23H22FN5O2/c1-16-14-20(29(27-16)15-17-6-3-2-4-7-17)25-21(30)8-5-9-22-26-23(28-31-22)18-10-12-19(24)13-11-18/h2-4,6-7,10-14H,5,8-9,15H2,1H3,(H,25,30). The van der Waals surface area contributed by atoms with Crippen molar-refractivity contribution >= 4 is 11.7 Å². The monoisotopic (exact) mass is 419 g/mol. The van der Waals surface area contributed by atoms with Gasteiger partial charge < -0.3 is 9.84 Å². The summed E-state index contributed by atoms with van der Waals surface area (Å²) in [5, 5.41) is 11.3. The molecule has 0 fully saturated rings. The Morgan fingerprint density at radius 3 is 2.68 bits per heavy atom. The third kappa shape index (κ3) is 5.42. The molecule has 158 valence electrons. The number of carbonyl (C=O) groups is 1. The Morgan fingerprint density at radius 2 is 1.90 bits per heavy atom. The van der Waals surface area contributed by atoms with Crippen LogP contribution in [0.3, 0.4) is 0 Å². The van der Waals surface area contributed by atoms with Gasteiger partial charge in [0.15, 0.2) is 0 Å². The minimum Gasteiger partial charge on any atom is -0.339 e. The summed E-state index contributed by atoms with van der Waals surface area (Å²) < 4.78 is 20.1. The molecule has 0 radical (unpaired) electrons. The number of halogens is 1. The zero-order valence-electron chi connectivity index (χ0n) is 17.1. The molecule has 0 aliphatic heterocycles. The van der Waals surface area contributed by atoms with Gasteiger partial charge in [-0.05, 0) is 43.2 Å². The van der Waals surface area contributed by atoms with Gasteiger partial charge in [-0.3, -0.25) is 4.79 Å². The van der Waals surface area contributed by atoms with Crippen LogP contribution >= 0.6 is 0 Å². The van der Waals surface area contributed by atoms with Crippen LogP contribution in [0.5, 0.6) is 0 Å². The molecule has 0 aliphatic carbocycles. The Kier molecular flexibility index (Phi) is 6.16. The predicted octanol–water partition coefficient (Wildman–Crippen LogP) is 4.39. The molecule has 0 aliphatic rings. The second-order valence-electron chi connectivity index (χ2n) is 7.23. The lowest BCUT2D eigenvalue weighted by atomic mass is 10.2. The zero-order valence-corrected chi connectivity index (χ0v) is 17.1. The summed E-state index contributed by atoms with van der Waals surface area (Å²) in [4.78, 5) is 16.7. The fourth-order valence-corrected chi connectivity index (χ4v) is 3.20. The molecule has 0 saturated heterocycles. The molecular weight excluding hydrogens is 397 g/mol. The summed E-state index contributed by atoms with van der Waals surface area (Å²) in [5.41, 5.74) is 2.62. The number of hydrogen-bond donors (Lipinski definition) is 1. The molecule has 4 rings (SSSR count). The maximum absolute atomic E-state index is 13.0. The van der Waals surface area contributed by atoms with Gasteiger partial charge in [-0.25, -0.2) is 9.07 Å². The van der Waals surface area contributed by atoms with E-state index >= 15 is 0 Å². The van der Waals surface area contributed by atoms with Gasteiger partial charge in [0, 0.05) is 24.5 Å². The number of aromatic nitrogens is 4. The van der Waals surface area contributed by atoms with Gasteiger partial charge in [0.05, 0.1) is 12.2 Å². The first-order chi connectivity index (χ1) is 15.1. The fourth-order valence-electron chi connectivity index (χ4n) is 3.20. The van der Waals surface area contributed by atoms with E-state index in [9.17, 15) is 9.18 Å².